The van der Waals surface area contributed by atoms with E-state index in [9.17, 15) is 9.59 Å². The summed E-state index contributed by atoms with van der Waals surface area (Å²) < 4.78 is 12.3. The molecule has 2 atom stereocenters. The molecular formula is C26H37BrN4O5S. The number of thioether (sulfide) groups is 1. The van der Waals surface area contributed by atoms with E-state index in [1.807, 2.05) is 51.1 Å². The summed E-state index contributed by atoms with van der Waals surface area (Å²) in [6, 6.07) is 8.81. The molecule has 1 fully saturated rings. The van der Waals surface area contributed by atoms with Gasteiger partial charge in [-0.2, -0.15) is 5.26 Å². The van der Waals surface area contributed by atoms with Crippen LogP contribution >= 0.6 is 27.7 Å². The average Bonchev–Trinajstić information content (AvgIpc) is 3.29. The smallest absolute Gasteiger partial charge is 0.243 e. The first-order chi connectivity index (χ1) is 17.6. The summed E-state index contributed by atoms with van der Waals surface area (Å²) in [6.07, 6.45) is 0.659. The molecule has 1 aromatic carbocycles. The largest absolute Gasteiger partial charge is 0.372 e. The van der Waals surface area contributed by atoms with Crippen LogP contribution in [0.1, 0.15) is 39.7 Å². The van der Waals surface area contributed by atoms with Gasteiger partial charge in [0.15, 0.2) is 5.79 Å². The van der Waals surface area contributed by atoms with E-state index >= 15 is 0 Å². The molecule has 0 aromatic heterocycles. The van der Waals surface area contributed by atoms with E-state index in [0.29, 0.717) is 17.1 Å². The summed E-state index contributed by atoms with van der Waals surface area (Å²) in [7, 11) is 1.52. The van der Waals surface area contributed by atoms with Crippen molar-refractivity contribution < 1.29 is 23.9 Å². The third-order valence-corrected chi connectivity index (χ3v) is 6.48. The number of amides is 3. The second kappa shape index (κ2) is 18.6. The number of ether oxygens (including phenoxy) is 2. The number of benzene rings is 1. The predicted molar refractivity (Wildman–Crippen MR) is 150 cm³/mol. The Bertz CT molecular complexity index is 965. The molecule has 37 heavy (non-hydrogen) atoms. The molecule has 0 aliphatic carbocycles. The number of carbonyl (C=O) groups is 3. The number of nitrogens with zero attached hydrogens (tertiary/aromatic N) is 2. The molecule has 0 spiro atoms. The molecule has 1 aromatic rings. The van der Waals surface area contributed by atoms with E-state index in [-0.39, 0.29) is 44.2 Å². The molecule has 0 saturated carbocycles. The summed E-state index contributed by atoms with van der Waals surface area (Å²) >= 11 is 4.68. The number of carbonyl (C=O) groups excluding carboxylic acids is 3. The summed E-state index contributed by atoms with van der Waals surface area (Å²) in [6.45, 7) is 12.2. The van der Waals surface area contributed by atoms with Crippen molar-refractivity contribution in [3.8, 4) is 6.07 Å². The van der Waals surface area contributed by atoms with E-state index in [2.05, 4.69) is 33.6 Å². The summed E-state index contributed by atoms with van der Waals surface area (Å²) in [5, 5.41) is 13.4. The molecule has 2 rings (SSSR count). The van der Waals surface area contributed by atoms with Crippen molar-refractivity contribution in [1.82, 2.24) is 10.2 Å². The molecule has 1 saturated heterocycles. The van der Waals surface area contributed by atoms with Crippen molar-refractivity contribution >= 4 is 45.9 Å². The SMILES string of the molecule is C=C(CNC(=O)C1CC(OC)(OCC)CN1C(=O)Cc1ccc(Br)cc1)S/C=C(\C)C#N.CC.NC=O. The lowest BCUT2D eigenvalue weighted by Crippen LogP contribution is -2.47. The Hall–Kier alpha value is -2.65. The van der Waals surface area contributed by atoms with Gasteiger partial charge in [-0.05, 0) is 37.0 Å². The molecule has 3 amide bonds. The Kier molecular flexibility index (Phi) is 17.2. The Morgan fingerprint density at radius 1 is 1.38 bits per heavy atom. The Morgan fingerprint density at radius 2 is 1.97 bits per heavy atom. The van der Waals surface area contributed by atoms with Gasteiger partial charge in [-0.15, -0.1) is 11.8 Å². The minimum absolute atomic E-state index is 0.170. The van der Waals surface area contributed by atoms with E-state index in [1.165, 1.54) is 23.8 Å². The van der Waals surface area contributed by atoms with Crippen LogP contribution in [0.25, 0.3) is 0 Å². The van der Waals surface area contributed by atoms with Gasteiger partial charge >= 0.3 is 0 Å². The topological polar surface area (TPSA) is 135 Å². The monoisotopic (exact) mass is 596 g/mol. The van der Waals surface area contributed by atoms with Crippen LogP contribution in [0.4, 0.5) is 0 Å². The zero-order chi connectivity index (χ0) is 28.4. The fourth-order valence-electron chi connectivity index (χ4n) is 3.33. The van der Waals surface area contributed by atoms with Gasteiger partial charge < -0.3 is 25.4 Å². The quantitative estimate of drug-likeness (QED) is 0.237. The molecule has 1 aliphatic rings. The van der Waals surface area contributed by atoms with E-state index in [4.69, 9.17) is 19.5 Å². The molecule has 204 valence electrons. The zero-order valence-corrected chi connectivity index (χ0v) is 24.5. The van der Waals surface area contributed by atoms with Crippen LogP contribution < -0.4 is 11.1 Å². The van der Waals surface area contributed by atoms with Crippen molar-refractivity contribution in [1.29, 1.82) is 5.26 Å². The van der Waals surface area contributed by atoms with E-state index in [0.717, 1.165) is 10.0 Å². The van der Waals surface area contributed by atoms with Crippen LogP contribution in [0.15, 0.2) is 51.2 Å². The maximum absolute atomic E-state index is 13.1. The van der Waals surface area contributed by atoms with Crippen LogP contribution in [0.5, 0.6) is 0 Å². The standard InChI is InChI=1S/C23H28BrN3O4S.C2H6.CH3NO/c1-5-31-23(30-4)11-20(22(29)26-13-17(3)32-14-16(2)12-25)27(15-23)21(28)10-18-6-8-19(24)9-7-18;1-2;2-1-3/h6-9,14,20H,3,5,10-11,13,15H2,1-2,4H3,(H,26,29);1-2H3;1H,(H2,2,3)/b16-14+;;. The molecule has 1 aliphatic heterocycles. The maximum Gasteiger partial charge on any atom is 0.243 e. The lowest BCUT2D eigenvalue weighted by Gasteiger charge is -2.27. The first-order valence-corrected chi connectivity index (χ1v) is 13.4. The molecule has 0 bridgehead atoms. The maximum atomic E-state index is 13.1. The number of nitrogens with one attached hydrogen (secondary N) is 1. The Morgan fingerprint density at radius 3 is 2.49 bits per heavy atom. The molecule has 0 radical (unpaired) electrons. The Balaban J connectivity index is 0.00000241. The number of hydrogen-bond acceptors (Lipinski definition) is 7. The number of halogens is 1. The highest BCUT2D eigenvalue weighted by atomic mass is 79.9. The summed E-state index contributed by atoms with van der Waals surface area (Å²) in [5.41, 5.74) is 5.58. The molecular weight excluding hydrogens is 560 g/mol. The van der Waals surface area contributed by atoms with Gasteiger partial charge in [-0.1, -0.05) is 48.5 Å². The highest BCUT2D eigenvalue weighted by Crippen LogP contribution is 2.32. The van der Waals surface area contributed by atoms with Crippen LogP contribution in [0.3, 0.4) is 0 Å². The fourth-order valence-corrected chi connectivity index (χ4v) is 4.15. The molecule has 1 heterocycles. The number of allylic oxidation sites excluding steroid dienone is 1. The number of rotatable bonds is 10. The minimum Gasteiger partial charge on any atom is -0.372 e. The van der Waals surface area contributed by atoms with Crippen LogP contribution in [-0.2, 0) is 30.3 Å². The fraction of sp³-hybridized carbons (Fsp3) is 0.462. The third kappa shape index (κ3) is 12.0. The van der Waals surface area contributed by atoms with Crippen molar-refractivity contribution in [2.75, 3.05) is 26.8 Å². The van der Waals surface area contributed by atoms with Gasteiger partial charge in [0.1, 0.15) is 6.04 Å². The minimum atomic E-state index is -1.02. The number of methoxy groups -OCH3 is 1. The summed E-state index contributed by atoms with van der Waals surface area (Å²) in [5.74, 6) is -1.49. The number of primary amides is 1. The van der Waals surface area contributed by atoms with Crippen molar-refractivity contribution in [2.24, 2.45) is 5.73 Å². The summed E-state index contributed by atoms with van der Waals surface area (Å²) in [4.78, 5) is 37.0. The van der Waals surface area contributed by atoms with Gasteiger partial charge in [0.2, 0.25) is 18.2 Å². The molecule has 2 unspecified atom stereocenters. The normalized spacial score (nSPS) is 18.4. The van der Waals surface area contributed by atoms with Gasteiger partial charge in [0, 0.05) is 41.6 Å². The molecule has 11 heteroatoms. The lowest BCUT2D eigenvalue weighted by atomic mass is 10.1. The van der Waals surface area contributed by atoms with Crippen molar-refractivity contribution in [2.45, 2.75) is 52.4 Å². The average molecular weight is 598 g/mol. The highest BCUT2D eigenvalue weighted by molar-refractivity contribution is 9.10. The van der Waals surface area contributed by atoms with Crippen LogP contribution in [-0.4, -0.2) is 61.8 Å². The number of hydrogen-bond donors (Lipinski definition) is 2. The van der Waals surface area contributed by atoms with Crippen molar-refractivity contribution in [3.05, 3.63) is 56.8 Å². The lowest BCUT2D eigenvalue weighted by molar-refractivity contribution is -0.210. The van der Waals surface area contributed by atoms with Gasteiger partial charge in [-0.3, -0.25) is 14.4 Å². The molecule has 3 N–H and O–H groups in total. The van der Waals surface area contributed by atoms with Crippen LogP contribution in [0, 0.1) is 11.3 Å². The third-order valence-electron chi connectivity index (χ3n) is 5.00. The van der Waals surface area contributed by atoms with Gasteiger partial charge in [0.05, 0.1) is 19.0 Å². The first-order valence-electron chi connectivity index (χ1n) is 11.7. The second-order valence-corrected chi connectivity index (χ2v) is 9.48. The number of nitrogens with two attached hydrogens (primary N) is 1. The number of likely N-dealkylation sites (tertiary alicyclic amines) is 1. The molecule has 9 nitrogen and oxygen atoms in total. The zero-order valence-electron chi connectivity index (χ0n) is 22.1. The second-order valence-electron chi connectivity index (χ2n) is 7.52. The predicted octanol–water partition coefficient (Wildman–Crippen LogP) is 3.89. The van der Waals surface area contributed by atoms with Gasteiger partial charge in [0.25, 0.3) is 0 Å². The van der Waals surface area contributed by atoms with E-state index < -0.39 is 11.8 Å². The van der Waals surface area contributed by atoms with Gasteiger partial charge in [-0.25, -0.2) is 0 Å². The van der Waals surface area contributed by atoms with E-state index in [1.54, 1.807) is 12.3 Å². The number of nitriles is 1. The Labute approximate surface area is 232 Å². The van der Waals surface area contributed by atoms with Crippen molar-refractivity contribution in [3.63, 3.8) is 0 Å². The van der Waals surface area contributed by atoms with Crippen LogP contribution in [0.2, 0.25) is 0 Å². The first kappa shape index (κ1) is 34.4. The highest BCUT2D eigenvalue weighted by Gasteiger charge is 2.49.